The van der Waals surface area contributed by atoms with Crippen molar-refractivity contribution in [3.05, 3.63) is 66.0 Å². The summed E-state index contributed by atoms with van der Waals surface area (Å²) < 4.78 is 1.93. The molecule has 3 rings (SSSR count). The van der Waals surface area contributed by atoms with Gasteiger partial charge < -0.3 is 12.6 Å². The molecule has 6 heteroatoms. The van der Waals surface area contributed by atoms with Gasteiger partial charge in [0.05, 0.1) is 17.4 Å². The molecule has 0 atom stereocenters. The Labute approximate surface area is 145 Å². The number of benzene rings is 2. The molecule has 2 aromatic carbocycles. The van der Waals surface area contributed by atoms with Gasteiger partial charge in [-0.3, -0.25) is 5.32 Å². The van der Waals surface area contributed by atoms with Crippen LogP contribution in [0.15, 0.2) is 70.6 Å². The smallest absolute Gasteiger partial charge is 0.716 e. The van der Waals surface area contributed by atoms with Crippen LogP contribution in [0.4, 0.5) is 5.69 Å². The fourth-order valence-corrected chi connectivity index (χ4v) is 2.35. The third-order valence-electron chi connectivity index (χ3n) is 3.08. The molecule has 4 nitrogen and oxygen atoms in total. The Balaban J connectivity index is 0.00000176. The number of anilines is 1. The maximum absolute atomic E-state index is 5.43. The molecule has 1 aliphatic rings. The number of aliphatic imine (C=N–C) groups is 1. The maximum Gasteiger partial charge on any atom is 2.00 e. The predicted molar refractivity (Wildman–Crippen MR) is 87.5 cm³/mol. The Morgan fingerprint density at radius 2 is 1.95 bits per heavy atom. The van der Waals surface area contributed by atoms with Gasteiger partial charge in [-0.15, -0.1) is 17.1 Å². The van der Waals surface area contributed by atoms with E-state index in [2.05, 4.69) is 15.3 Å². The zero-order valence-corrected chi connectivity index (χ0v) is 13.5. The summed E-state index contributed by atoms with van der Waals surface area (Å²) in [5.74, 6) is 0.755. The van der Waals surface area contributed by atoms with E-state index >= 15 is 0 Å². The van der Waals surface area contributed by atoms with Gasteiger partial charge in [-0.1, -0.05) is 18.2 Å². The van der Waals surface area contributed by atoms with Crippen molar-refractivity contribution in [2.24, 2.45) is 9.98 Å². The molecular weight excluding hydrogens is 344 g/mol. The molecule has 1 aliphatic heterocycles. The van der Waals surface area contributed by atoms with Crippen molar-refractivity contribution >= 4 is 29.4 Å². The second kappa shape index (κ2) is 7.94. The second-order valence-electron chi connectivity index (χ2n) is 4.58. The van der Waals surface area contributed by atoms with Crippen LogP contribution in [0.1, 0.15) is 0 Å². The Bertz CT molecular complexity index is 733. The first kappa shape index (κ1) is 16.5. The fourth-order valence-electron chi connectivity index (χ4n) is 2.06. The predicted octanol–water partition coefficient (Wildman–Crippen LogP) is 1.70. The summed E-state index contributed by atoms with van der Waals surface area (Å²) in [6.07, 6.45) is 0. The molecule has 0 fully saturated rings. The fraction of sp³-hybridized carbons (Fsp3) is 0.125. The van der Waals surface area contributed by atoms with Gasteiger partial charge in [0.25, 0.3) is 0 Å². The molecule has 0 aromatic heterocycles. The number of nitrogens with one attached hydrogen (secondary N) is 1. The molecule has 115 valence electrons. The van der Waals surface area contributed by atoms with E-state index in [1.165, 1.54) is 0 Å². The molecule has 1 heterocycles. The van der Waals surface area contributed by atoms with E-state index in [0.717, 1.165) is 30.1 Å². The van der Waals surface area contributed by atoms with Gasteiger partial charge in [-0.2, -0.15) is 23.2 Å². The van der Waals surface area contributed by atoms with Gasteiger partial charge in [0.2, 0.25) is 0 Å². The first-order chi connectivity index (χ1) is 10.3. The number of amidine groups is 1. The number of guanidine groups is 1. The molecule has 0 spiro atoms. The van der Waals surface area contributed by atoms with Crippen LogP contribution in [0, 0.1) is 0 Å². The van der Waals surface area contributed by atoms with E-state index in [1.54, 1.807) is 0 Å². The van der Waals surface area contributed by atoms with Crippen LogP contribution in [-0.2, 0) is 29.7 Å². The Hall–Kier alpha value is -1.88. The van der Waals surface area contributed by atoms with Gasteiger partial charge in [0.1, 0.15) is 6.54 Å². The molecule has 1 N–H and O–H groups in total. The molecular formula is C16H15CuN4S+. The van der Waals surface area contributed by atoms with Crippen molar-refractivity contribution in [2.75, 3.05) is 18.4 Å². The van der Waals surface area contributed by atoms with Crippen molar-refractivity contribution in [3.8, 4) is 0 Å². The number of rotatable bonds is 1. The minimum atomic E-state index is 0. The van der Waals surface area contributed by atoms with E-state index in [0.29, 0.717) is 5.17 Å². The van der Waals surface area contributed by atoms with Gasteiger partial charge in [-0.25, -0.2) is 4.58 Å². The van der Waals surface area contributed by atoms with Gasteiger partial charge in [0.15, 0.2) is 0 Å². The van der Waals surface area contributed by atoms with Crippen LogP contribution in [-0.4, -0.2) is 28.8 Å². The number of nitrogens with zero attached hydrogens (tertiary/aromatic N) is 3. The van der Waals surface area contributed by atoms with Gasteiger partial charge in [-0.05, 0) is 12.1 Å². The standard InChI is InChI=1S/C16H14N4S.Cu/c21-16(19-14-9-5-2-6-10-14)20-12-11-17-15(20)18-13-7-3-1-4-8-13;/h1-10H,11-12H2;/q-2;+2/p+1. The zero-order chi connectivity index (χ0) is 14.5. The molecule has 0 unspecified atom stereocenters. The Morgan fingerprint density at radius 1 is 1.18 bits per heavy atom. The minimum absolute atomic E-state index is 0. The topological polar surface area (TPSA) is 39.8 Å². The SMILES string of the molecule is [Cu+2].[S-]/C(N=c1cccc[cH-]1)=[N+]1/CCN=C1Nc1ccccc1. The minimum Gasteiger partial charge on any atom is -0.716 e. The summed E-state index contributed by atoms with van der Waals surface area (Å²) >= 11 is 5.43. The Morgan fingerprint density at radius 3 is 2.68 bits per heavy atom. The van der Waals surface area contributed by atoms with Crippen LogP contribution in [0.3, 0.4) is 0 Å². The molecule has 0 saturated carbocycles. The Kier molecular flexibility index (Phi) is 5.95. The zero-order valence-electron chi connectivity index (χ0n) is 11.7. The van der Waals surface area contributed by atoms with E-state index in [-0.39, 0.29) is 17.1 Å². The van der Waals surface area contributed by atoms with Crippen LogP contribution >= 0.6 is 0 Å². The molecule has 2 aromatic rings. The van der Waals surface area contributed by atoms with E-state index < -0.39 is 0 Å². The summed E-state index contributed by atoms with van der Waals surface area (Å²) in [4.78, 5) is 8.93. The number of hydrogen-bond donors (Lipinski definition) is 1. The van der Waals surface area contributed by atoms with Crippen molar-refractivity contribution in [1.29, 1.82) is 0 Å². The summed E-state index contributed by atoms with van der Waals surface area (Å²) in [5.41, 5.74) is 0.991. The molecule has 22 heavy (non-hydrogen) atoms. The summed E-state index contributed by atoms with van der Waals surface area (Å²) in [6.45, 7) is 1.48. The number of para-hydroxylation sites is 2. The summed E-state index contributed by atoms with van der Waals surface area (Å²) in [5, 5.41) is 4.67. The molecule has 0 aliphatic carbocycles. The third-order valence-corrected chi connectivity index (χ3v) is 3.39. The average Bonchev–Trinajstić information content (AvgIpc) is 2.97. The number of hydrogen-bond acceptors (Lipinski definition) is 3. The van der Waals surface area contributed by atoms with Crippen molar-refractivity contribution < 1.29 is 21.6 Å². The molecule has 0 amide bonds. The molecule has 1 radical (unpaired) electrons. The first-order valence-corrected chi connectivity index (χ1v) is 7.18. The quantitative estimate of drug-likeness (QED) is 0.277. The van der Waals surface area contributed by atoms with E-state index in [9.17, 15) is 0 Å². The van der Waals surface area contributed by atoms with Crippen LogP contribution < -0.4 is 10.7 Å². The van der Waals surface area contributed by atoms with Crippen LogP contribution in [0.2, 0.25) is 0 Å². The van der Waals surface area contributed by atoms with Crippen LogP contribution in [0.5, 0.6) is 0 Å². The summed E-state index contributed by atoms with van der Waals surface area (Å²) in [6, 6.07) is 19.7. The van der Waals surface area contributed by atoms with Crippen molar-refractivity contribution in [1.82, 2.24) is 0 Å². The maximum atomic E-state index is 5.43. The second-order valence-corrected chi connectivity index (χ2v) is 4.94. The van der Waals surface area contributed by atoms with Crippen molar-refractivity contribution in [3.63, 3.8) is 0 Å². The molecule has 0 saturated heterocycles. The van der Waals surface area contributed by atoms with Gasteiger partial charge in [0, 0.05) is 5.36 Å². The summed E-state index contributed by atoms with van der Waals surface area (Å²) in [7, 11) is 0. The third kappa shape index (κ3) is 4.07. The first-order valence-electron chi connectivity index (χ1n) is 6.78. The van der Waals surface area contributed by atoms with E-state index in [4.69, 9.17) is 12.6 Å². The normalized spacial score (nSPS) is 15.5. The largest absolute Gasteiger partial charge is 2.00 e. The van der Waals surface area contributed by atoms with Gasteiger partial charge >= 0.3 is 23.0 Å². The van der Waals surface area contributed by atoms with E-state index in [1.807, 2.05) is 65.2 Å². The monoisotopic (exact) mass is 358 g/mol. The van der Waals surface area contributed by atoms with Crippen molar-refractivity contribution in [2.45, 2.75) is 0 Å². The molecule has 0 bridgehead atoms. The van der Waals surface area contributed by atoms with Crippen LogP contribution in [0.25, 0.3) is 0 Å². The average molecular weight is 359 g/mol.